The Morgan fingerprint density at radius 2 is 2.42 bits per heavy atom. The summed E-state index contributed by atoms with van der Waals surface area (Å²) in [7, 11) is 0. The highest BCUT2D eigenvalue weighted by Crippen LogP contribution is 2.16. The van der Waals surface area contributed by atoms with E-state index in [1.54, 1.807) is 11.3 Å². The second-order valence-corrected chi connectivity index (χ2v) is 2.51. The predicted molar refractivity (Wildman–Crippen MR) is 45.8 cm³/mol. The van der Waals surface area contributed by atoms with E-state index >= 15 is 0 Å². The van der Waals surface area contributed by atoms with Gasteiger partial charge in [-0.05, 0) is 19.1 Å². The van der Waals surface area contributed by atoms with Crippen LogP contribution in [0.4, 0.5) is 5.82 Å². The van der Waals surface area contributed by atoms with Crippen LogP contribution >= 0.6 is 0 Å². The third-order valence-electron chi connectivity index (χ3n) is 1.65. The van der Waals surface area contributed by atoms with Gasteiger partial charge in [-0.3, -0.25) is 0 Å². The van der Waals surface area contributed by atoms with E-state index in [4.69, 9.17) is 4.84 Å². The lowest BCUT2D eigenvalue weighted by atomic mass is 10.4. The quantitative estimate of drug-likeness (QED) is 0.624. The van der Waals surface area contributed by atoms with Crippen molar-refractivity contribution >= 4 is 12.2 Å². The number of anilines is 1. The van der Waals surface area contributed by atoms with Crippen molar-refractivity contribution in [3.05, 3.63) is 24.4 Å². The zero-order valence-corrected chi connectivity index (χ0v) is 6.71. The summed E-state index contributed by atoms with van der Waals surface area (Å²) < 4.78 is 0. The molecule has 0 aliphatic carbocycles. The third-order valence-corrected chi connectivity index (χ3v) is 1.65. The van der Waals surface area contributed by atoms with Crippen LogP contribution in [0, 0.1) is 0 Å². The number of rotatable bonds is 1. The maximum Gasteiger partial charge on any atom is 0.207 e. The first kappa shape index (κ1) is 7.09. The van der Waals surface area contributed by atoms with Gasteiger partial charge < -0.3 is 4.84 Å². The SMILES string of the molecule is CC1N=CON1c1ccccn1. The lowest BCUT2D eigenvalue weighted by Gasteiger charge is -2.17. The lowest BCUT2D eigenvalue weighted by Crippen LogP contribution is -2.26. The molecule has 1 unspecified atom stereocenters. The van der Waals surface area contributed by atoms with Crippen LogP contribution in [0.2, 0.25) is 0 Å². The van der Waals surface area contributed by atoms with Gasteiger partial charge in [0, 0.05) is 6.20 Å². The first-order chi connectivity index (χ1) is 5.88. The van der Waals surface area contributed by atoms with Gasteiger partial charge in [0.05, 0.1) is 0 Å². The molecule has 2 heterocycles. The minimum Gasteiger partial charge on any atom is -0.364 e. The molecule has 1 atom stereocenters. The van der Waals surface area contributed by atoms with Crippen LogP contribution in [-0.2, 0) is 4.84 Å². The number of hydroxylamine groups is 1. The van der Waals surface area contributed by atoms with Gasteiger partial charge in [-0.1, -0.05) is 6.07 Å². The summed E-state index contributed by atoms with van der Waals surface area (Å²) in [6.45, 7) is 1.94. The molecule has 0 N–H and O–H groups in total. The molecule has 62 valence electrons. The molecule has 0 fully saturated rings. The van der Waals surface area contributed by atoms with Crippen molar-refractivity contribution in [1.29, 1.82) is 0 Å². The van der Waals surface area contributed by atoms with Gasteiger partial charge in [-0.15, -0.1) is 0 Å². The van der Waals surface area contributed by atoms with Crippen molar-refractivity contribution in [2.45, 2.75) is 13.1 Å². The third kappa shape index (κ3) is 1.11. The summed E-state index contributed by atoms with van der Waals surface area (Å²) in [6.07, 6.45) is 3.17. The van der Waals surface area contributed by atoms with E-state index in [9.17, 15) is 0 Å². The van der Waals surface area contributed by atoms with Crippen LogP contribution in [0.5, 0.6) is 0 Å². The zero-order chi connectivity index (χ0) is 8.39. The molecule has 0 saturated heterocycles. The van der Waals surface area contributed by atoms with Crippen molar-refractivity contribution in [3.8, 4) is 0 Å². The maximum atomic E-state index is 5.13. The molecule has 1 aromatic rings. The summed E-state index contributed by atoms with van der Waals surface area (Å²) in [5, 5.41) is 1.65. The standard InChI is InChI=1S/C8H9N3O/c1-7-10-6-12-11(7)8-4-2-3-5-9-8/h2-7H,1H3. The maximum absolute atomic E-state index is 5.13. The van der Waals surface area contributed by atoms with Crippen molar-refractivity contribution in [2.75, 3.05) is 5.06 Å². The van der Waals surface area contributed by atoms with Crippen molar-refractivity contribution in [1.82, 2.24) is 4.98 Å². The molecule has 0 aromatic carbocycles. The summed E-state index contributed by atoms with van der Waals surface area (Å²) in [4.78, 5) is 13.3. The Morgan fingerprint density at radius 1 is 1.50 bits per heavy atom. The van der Waals surface area contributed by atoms with E-state index in [-0.39, 0.29) is 6.17 Å². The first-order valence-corrected chi connectivity index (χ1v) is 3.76. The van der Waals surface area contributed by atoms with Crippen molar-refractivity contribution < 1.29 is 4.84 Å². The Hall–Kier alpha value is -1.58. The first-order valence-electron chi connectivity index (χ1n) is 3.76. The number of nitrogens with zero attached hydrogens (tertiary/aromatic N) is 3. The molecule has 0 spiro atoms. The molecule has 12 heavy (non-hydrogen) atoms. The number of aliphatic imine (C=N–C) groups is 1. The zero-order valence-electron chi connectivity index (χ0n) is 6.71. The fraction of sp³-hybridized carbons (Fsp3) is 0.250. The Balaban J connectivity index is 2.22. The molecule has 1 aromatic heterocycles. The van der Waals surface area contributed by atoms with E-state index < -0.39 is 0 Å². The number of pyridine rings is 1. The molecule has 0 bridgehead atoms. The molecule has 4 heteroatoms. The number of hydrogen-bond donors (Lipinski definition) is 0. The van der Waals surface area contributed by atoms with Gasteiger partial charge in [0.1, 0.15) is 0 Å². The molecule has 0 radical (unpaired) electrons. The van der Waals surface area contributed by atoms with Gasteiger partial charge in [-0.2, -0.15) is 5.06 Å². The highest BCUT2D eigenvalue weighted by atomic mass is 16.7. The van der Waals surface area contributed by atoms with Crippen molar-refractivity contribution in [3.63, 3.8) is 0 Å². The number of hydrogen-bond acceptors (Lipinski definition) is 4. The Labute approximate surface area is 70.5 Å². The monoisotopic (exact) mass is 163 g/mol. The average molecular weight is 163 g/mol. The Kier molecular flexibility index (Phi) is 1.66. The van der Waals surface area contributed by atoms with Crippen LogP contribution in [-0.4, -0.2) is 17.6 Å². The largest absolute Gasteiger partial charge is 0.364 e. The molecule has 2 rings (SSSR count). The van der Waals surface area contributed by atoms with E-state index in [0.29, 0.717) is 0 Å². The van der Waals surface area contributed by atoms with Crippen LogP contribution in [0.25, 0.3) is 0 Å². The van der Waals surface area contributed by atoms with Crippen LogP contribution in [0.3, 0.4) is 0 Å². The fourth-order valence-electron chi connectivity index (χ4n) is 1.04. The van der Waals surface area contributed by atoms with Crippen molar-refractivity contribution in [2.24, 2.45) is 4.99 Å². The van der Waals surface area contributed by atoms with E-state index in [1.165, 1.54) is 6.40 Å². The molecule has 1 aliphatic rings. The van der Waals surface area contributed by atoms with Gasteiger partial charge in [0.2, 0.25) is 6.40 Å². The molecule has 1 aliphatic heterocycles. The smallest absolute Gasteiger partial charge is 0.207 e. The van der Waals surface area contributed by atoms with Crippen LogP contribution in [0.15, 0.2) is 29.4 Å². The topological polar surface area (TPSA) is 37.7 Å². The minimum absolute atomic E-state index is 0.0138. The summed E-state index contributed by atoms with van der Waals surface area (Å²) in [5.74, 6) is 0.780. The summed E-state index contributed by atoms with van der Waals surface area (Å²) in [6, 6.07) is 5.66. The van der Waals surface area contributed by atoms with E-state index in [0.717, 1.165) is 5.82 Å². The van der Waals surface area contributed by atoms with Gasteiger partial charge >= 0.3 is 0 Å². The van der Waals surface area contributed by atoms with Crippen LogP contribution < -0.4 is 5.06 Å². The summed E-state index contributed by atoms with van der Waals surface area (Å²) in [5.41, 5.74) is 0. The fourth-order valence-corrected chi connectivity index (χ4v) is 1.04. The molecular formula is C8H9N3O. The minimum atomic E-state index is 0.0138. The van der Waals surface area contributed by atoms with E-state index in [2.05, 4.69) is 9.98 Å². The Bertz CT molecular complexity index is 286. The number of aromatic nitrogens is 1. The normalized spacial score (nSPS) is 21.1. The highest BCUT2D eigenvalue weighted by molar-refractivity contribution is 5.54. The predicted octanol–water partition coefficient (Wildman–Crippen LogP) is 1.21. The van der Waals surface area contributed by atoms with E-state index in [1.807, 2.05) is 25.1 Å². The molecule has 4 nitrogen and oxygen atoms in total. The van der Waals surface area contributed by atoms with Gasteiger partial charge in [0.15, 0.2) is 12.0 Å². The van der Waals surface area contributed by atoms with Gasteiger partial charge in [-0.25, -0.2) is 9.98 Å². The molecular weight excluding hydrogens is 154 g/mol. The second-order valence-electron chi connectivity index (χ2n) is 2.51. The molecule has 0 amide bonds. The lowest BCUT2D eigenvalue weighted by molar-refractivity contribution is 0.280. The average Bonchev–Trinajstić information content (AvgIpc) is 2.53. The Morgan fingerprint density at radius 3 is 3.00 bits per heavy atom. The summed E-state index contributed by atoms with van der Waals surface area (Å²) >= 11 is 0. The van der Waals surface area contributed by atoms with Crippen LogP contribution in [0.1, 0.15) is 6.92 Å². The second kappa shape index (κ2) is 2.81. The van der Waals surface area contributed by atoms with Gasteiger partial charge in [0.25, 0.3) is 0 Å². The highest BCUT2D eigenvalue weighted by Gasteiger charge is 2.19. The molecule has 0 saturated carbocycles.